The Morgan fingerprint density at radius 2 is 1.90 bits per heavy atom. The highest BCUT2D eigenvalue weighted by Crippen LogP contribution is 2.32. The molecular weight excluding hydrogens is 315 g/mol. The van der Waals surface area contributed by atoms with Crippen LogP contribution in [0.15, 0.2) is 12.1 Å². The summed E-state index contributed by atoms with van der Waals surface area (Å²) in [6.45, 7) is 5.54. The molecule has 0 aliphatic carbocycles. The number of urea groups is 1. The van der Waals surface area contributed by atoms with E-state index in [4.69, 9.17) is 28.3 Å². The predicted molar refractivity (Wildman–Crippen MR) is 84.2 cm³/mol. The van der Waals surface area contributed by atoms with Gasteiger partial charge >= 0.3 is 12.0 Å². The highest BCUT2D eigenvalue weighted by Gasteiger charge is 2.22. The number of amides is 2. The molecule has 0 spiro atoms. The number of hydrogen-bond donors (Lipinski definition) is 3. The topological polar surface area (TPSA) is 78.4 Å². The number of carboxylic acid groups (broad SMARTS) is 1. The van der Waals surface area contributed by atoms with Crippen LogP contribution in [0.5, 0.6) is 0 Å². The molecule has 0 aromatic heterocycles. The largest absolute Gasteiger partial charge is 0.480 e. The van der Waals surface area contributed by atoms with E-state index < -0.39 is 18.0 Å². The Bertz CT molecular complexity index is 547. The number of aliphatic carboxylic acids is 1. The van der Waals surface area contributed by atoms with Gasteiger partial charge in [0.15, 0.2) is 0 Å². The average molecular weight is 333 g/mol. The highest BCUT2D eigenvalue weighted by atomic mass is 35.5. The van der Waals surface area contributed by atoms with Crippen LogP contribution in [-0.4, -0.2) is 23.1 Å². The molecule has 7 heteroatoms. The van der Waals surface area contributed by atoms with Crippen molar-refractivity contribution >= 4 is 40.9 Å². The summed E-state index contributed by atoms with van der Waals surface area (Å²) in [6, 6.07) is 1.72. The first kappa shape index (κ1) is 17.6. The zero-order chi connectivity index (χ0) is 16.2. The quantitative estimate of drug-likeness (QED) is 0.764. The summed E-state index contributed by atoms with van der Waals surface area (Å²) in [5.74, 6) is -0.946. The molecule has 0 heterocycles. The van der Waals surface area contributed by atoms with E-state index in [9.17, 15) is 9.59 Å². The van der Waals surface area contributed by atoms with Crippen molar-refractivity contribution in [2.24, 2.45) is 5.92 Å². The SMILES string of the molecule is Cc1ccc(Cl)c(NC(=O)N[C@H](CC(C)C)C(=O)O)c1Cl. The van der Waals surface area contributed by atoms with Crippen molar-refractivity contribution in [3.8, 4) is 0 Å². The Hall–Kier alpha value is -1.46. The fourth-order valence-electron chi connectivity index (χ4n) is 1.77. The van der Waals surface area contributed by atoms with E-state index in [1.807, 2.05) is 13.8 Å². The Morgan fingerprint density at radius 3 is 2.43 bits per heavy atom. The van der Waals surface area contributed by atoms with Gasteiger partial charge in [0.25, 0.3) is 0 Å². The van der Waals surface area contributed by atoms with Crippen molar-refractivity contribution < 1.29 is 14.7 Å². The first-order valence-corrected chi connectivity index (χ1v) is 7.22. The minimum absolute atomic E-state index is 0.137. The molecule has 0 fully saturated rings. The van der Waals surface area contributed by atoms with E-state index in [2.05, 4.69) is 10.6 Å². The van der Waals surface area contributed by atoms with Crippen molar-refractivity contribution in [3.05, 3.63) is 27.7 Å². The molecule has 0 bridgehead atoms. The molecule has 0 saturated heterocycles. The molecule has 1 aromatic rings. The maximum Gasteiger partial charge on any atom is 0.326 e. The van der Waals surface area contributed by atoms with Crippen LogP contribution in [-0.2, 0) is 4.79 Å². The van der Waals surface area contributed by atoms with Crippen molar-refractivity contribution in [3.63, 3.8) is 0 Å². The Labute approximate surface area is 133 Å². The zero-order valence-electron chi connectivity index (χ0n) is 12.0. The van der Waals surface area contributed by atoms with Gasteiger partial charge in [-0.2, -0.15) is 0 Å². The van der Waals surface area contributed by atoms with Gasteiger partial charge in [0.05, 0.1) is 15.7 Å². The number of halogens is 2. The van der Waals surface area contributed by atoms with Crippen LogP contribution in [0.1, 0.15) is 25.8 Å². The fraction of sp³-hybridized carbons (Fsp3) is 0.429. The minimum atomic E-state index is -1.08. The third kappa shape index (κ3) is 5.10. The molecule has 5 nitrogen and oxygen atoms in total. The van der Waals surface area contributed by atoms with Gasteiger partial charge in [-0.1, -0.05) is 43.1 Å². The highest BCUT2D eigenvalue weighted by molar-refractivity contribution is 6.40. The number of nitrogens with one attached hydrogen (secondary N) is 2. The normalized spacial score (nSPS) is 12.1. The summed E-state index contributed by atoms with van der Waals surface area (Å²) >= 11 is 12.1. The summed E-state index contributed by atoms with van der Waals surface area (Å²) in [7, 11) is 0. The molecule has 1 atom stereocenters. The lowest BCUT2D eigenvalue weighted by molar-refractivity contribution is -0.139. The van der Waals surface area contributed by atoms with E-state index in [1.165, 1.54) is 0 Å². The van der Waals surface area contributed by atoms with Gasteiger partial charge in [0.1, 0.15) is 6.04 Å². The first-order chi connectivity index (χ1) is 9.72. The zero-order valence-corrected chi connectivity index (χ0v) is 13.5. The smallest absolute Gasteiger partial charge is 0.326 e. The van der Waals surface area contributed by atoms with Crippen molar-refractivity contribution in [2.75, 3.05) is 5.32 Å². The Kier molecular flexibility index (Phi) is 6.30. The molecule has 0 saturated carbocycles. The van der Waals surface area contributed by atoms with Crippen LogP contribution < -0.4 is 10.6 Å². The molecule has 3 N–H and O–H groups in total. The summed E-state index contributed by atoms with van der Waals surface area (Å²) in [6.07, 6.45) is 0.331. The molecule has 2 amide bonds. The standard InChI is InChI=1S/C14H18Cl2N2O3/c1-7(2)6-10(13(19)20)17-14(21)18-12-9(15)5-4-8(3)11(12)16/h4-5,7,10H,6H2,1-3H3,(H,19,20)(H2,17,18,21)/t10-/m1/s1. The lowest BCUT2D eigenvalue weighted by atomic mass is 10.0. The Balaban J connectivity index is 2.82. The summed E-state index contributed by atoms with van der Waals surface area (Å²) in [4.78, 5) is 23.0. The second-order valence-electron chi connectivity index (χ2n) is 5.17. The average Bonchev–Trinajstić information content (AvgIpc) is 2.38. The third-order valence-corrected chi connectivity index (χ3v) is 3.64. The Morgan fingerprint density at radius 1 is 1.29 bits per heavy atom. The van der Waals surface area contributed by atoms with E-state index in [1.54, 1.807) is 19.1 Å². The van der Waals surface area contributed by atoms with Crippen molar-refractivity contribution in [1.29, 1.82) is 0 Å². The van der Waals surface area contributed by atoms with E-state index in [-0.39, 0.29) is 16.6 Å². The van der Waals surface area contributed by atoms with Gasteiger partial charge in [0, 0.05) is 0 Å². The molecule has 1 aromatic carbocycles. The summed E-state index contributed by atoms with van der Waals surface area (Å²) in [5.41, 5.74) is 1.03. The van der Waals surface area contributed by atoms with Crippen LogP contribution in [0.3, 0.4) is 0 Å². The second-order valence-corrected chi connectivity index (χ2v) is 5.96. The molecular formula is C14H18Cl2N2O3. The van der Waals surface area contributed by atoms with E-state index in [0.29, 0.717) is 11.4 Å². The van der Waals surface area contributed by atoms with Gasteiger partial charge < -0.3 is 15.7 Å². The molecule has 116 valence electrons. The summed E-state index contributed by atoms with van der Waals surface area (Å²) in [5, 5.41) is 14.6. The van der Waals surface area contributed by atoms with Crippen LogP contribution >= 0.6 is 23.2 Å². The van der Waals surface area contributed by atoms with Gasteiger partial charge in [-0.3, -0.25) is 0 Å². The molecule has 21 heavy (non-hydrogen) atoms. The molecule has 1 rings (SSSR count). The number of carboxylic acids is 1. The minimum Gasteiger partial charge on any atom is -0.480 e. The van der Waals surface area contributed by atoms with Crippen LogP contribution in [0, 0.1) is 12.8 Å². The van der Waals surface area contributed by atoms with E-state index in [0.717, 1.165) is 5.56 Å². The number of carbonyl (C=O) groups excluding carboxylic acids is 1. The molecule has 0 aliphatic rings. The molecule has 0 radical (unpaired) electrons. The molecule has 0 aliphatic heterocycles. The van der Waals surface area contributed by atoms with Gasteiger partial charge in [-0.25, -0.2) is 9.59 Å². The lowest BCUT2D eigenvalue weighted by Gasteiger charge is -2.18. The van der Waals surface area contributed by atoms with Crippen LogP contribution in [0.4, 0.5) is 10.5 Å². The lowest BCUT2D eigenvalue weighted by Crippen LogP contribution is -2.43. The van der Waals surface area contributed by atoms with Gasteiger partial charge in [-0.05, 0) is 30.9 Å². The number of hydrogen-bond acceptors (Lipinski definition) is 2. The predicted octanol–water partition coefficient (Wildman–Crippen LogP) is 3.92. The monoisotopic (exact) mass is 332 g/mol. The number of aryl methyl sites for hydroxylation is 1. The molecule has 0 unspecified atom stereocenters. The number of benzene rings is 1. The third-order valence-electron chi connectivity index (χ3n) is 2.83. The number of carbonyl (C=O) groups is 2. The van der Waals surface area contributed by atoms with Gasteiger partial charge in [-0.15, -0.1) is 0 Å². The number of rotatable bonds is 5. The maximum absolute atomic E-state index is 11.9. The summed E-state index contributed by atoms with van der Waals surface area (Å²) < 4.78 is 0. The maximum atomic E-state index is 11.9. The van der Waals surface area contributed by atoms with Crippen LogP contribution in [0.25, 0.3) is 0 Å². The van der Waals surface area contributed by atoms with Crippen molar-refractivity contribution in [1.82, 2.24) is 5.32 Å². The first-order valence-electron chi connectivity index (χ1n) is 6.47. The van der Waals surface area contributed by atoms with Gasteiger partial charge in [0.2, 0.25) is 0 Å². The number of anilines is 1. The van der Waals surface area contributed by atoms with Crippen molar-refractivity contribution in [2.45, 2.75) is 33.2 Å². The van der Waals surface area contributed by atoms with E-state index >= 15 is 0 Å². The second kappa shape index (κ2) is 7.52. The van der Waals surface area contributed by atoms with Crippen LogP contribution in [0.2, 0.25) is 10.0 Å². The fourth-order valence-corrected chi connectivity index (χ4v) is 2.24.